The Bertz CT molecular complexity index is 264. The van der Waals surface area contributed by atoms with Crippen molar-refractivity contribution in [2.24, 2.45) is 0 Å². The summed E-state index contributed by atoms with van der Waals surface area (Å²) in [5.74, 6) is -1.35. The number of aliphatic hydroxyl groups excluding tert-OH is 2. The summed E-state index contributed by atoms with van der Waals surface area (Å²) in [4.78, 5) is 21.9. The van der Waals surface area contributed by atoms with Gasteiger partial charge in [0, 0.05) is 6.42 Å². The van der Waals surface area contributed by atoms with Crippen LogP contribution in [0.4, 0.5) is 0 Å². The van der Waals surface area contributed by atoms with Crippen LogP contribution < -0.4 is 0 Å². The van der Waals surface area contributed by atoms with Crippen LogP contribution in [0.5, 0.6) is 0 Å². The van der Waals surface area contributed by atoms with Gasteiger partial charge < -0.3 is 10.2 Å². The number of Topliss-reactive ketones (excluding diaryl/α,β-unsaturated/α-hetero) is 2. The highest BCUT2D eigenvalue weighted by Crippen LogP contribution is 2.20. The van der Waals surface area contributed by atoms with Gasteiger partial charge in [0.2, 0.25) is 0 Å². The van der Waals surface area contributed by atoms with Gasteiger partial charge in [-0.1, -0.05) is 0 Å². The molecule has 0 amide bonds. The Morgan fingerprint density at radius 3 is 2.58 bits per heavy atom. The van der Waals surface area contributed by atoms with E-state index in [2.05, 4.69) is 0 Å². The Morgan fingerprint density at radius 2 is 2.17 bits per heavy atom. The second-order valence-corrected chi connectivity index (χ2v) is 2.79. The normalized spacial score (nSPS) is 24.5. The molecule has 12 heavy (non-hydrogen) atoms. The molecule has 66 valence electrons. The van der Waals surface area contributed by atoms with Crippen LogP contribution in [0.1, 0.15) is 19.8 Å². The molecule has 0 bridgehead atoms. The molecule has 0 aliphatic heterocycles. The molecular formula is C8H10O4. The Hall–Kier alpha value is -1.16. The van der Waals surface area contributed by atoms with Crippen molar-refractivity contribution in [3.63, 3.8) is 0 Å². The van der Waals surface area contributed by atoms with Crippen molar-refractivity contribution in [1.29, 1.82) is 0 Å². The van der Waals surface area contributed by atoms with Crippen LogP contribution in [0.3, 0.4) is 0 Å². The van der Waals surface area contributed by atoms with E-state index in [9.17, 15) is 9.59 Å². The predicted molar refractivity (Wildman–Crippen MR) is 40.6 cm³/mol. The maximum Gasteiger partial charge on any atom is 0.170 e. The molecular weight excluding hydrogens is 160 g/mol. The molecule has 1 atom stereocenters. The van der Waals surface area contributed by atoms with E-state index in [0.29, 0.717) is 0 Å². The highest BCUT2D eigenvalue weighted by molar-refractivity contribution is 6.20. The van der Waals surface area contributed by atoms with Crippen LogP contribution in [0, 0.1) is 0 Å². The zero-order valence-corrected chi connectivity index (χ0v) is 6.70. The lowest BCUT2D eigenvalue weighted by molar-refractivity contribution is -0.122. The summed E-state index contributed by atoms with van der Waals surface area (Å²) in [5, 5.41) is 18.3. The van der Waals surface area contributed by atoms with Crippen LogP contribution in [-0.4, -0.2) is 27.9 Å². The highest BCUT2D eigenvalue weighted by Gasteiger charge is 2.29. The minimum atomic E-state index is -1.05. The standard InChI is InChI=1S/C8H10O4/c1-4(9)7-5(10)2-3-6(11)8(7)12/h6,11-12H,2-3H2,1H3/t6-/m1/s1. The molecule has 2 N–H and O–H groups in total. The highest BCUT2D eigenvalue weighted by atomic mass is 16.3. The van der Waals surface area contributed by atoms with Crippen molar-refractivity contribution >= 4 is 11.6 Å². The first-order valence-electron chi connectivity index (χ1n) is 3.69. The third-order valence-electron chi connectivity index (χ3n) is 1.85. The molecule has 0 heterocycles. The van der Waals surface area contributed by atoms with Gasteiger partial charge in [-0.25, -0.2) is 0 Å². The molecule has 0 radical (unpaired) electrons. The molecule has 1 aliphatic carbocycles. The zero-order chi connectivity index (χ0) is 9.30. The average Bonchev–Trinajstić information content (AvgIpc) is 1.97. The Labute approximate surface area is 69.5 Å². The largest absolute Gasteiger partial charge is 0.509 e. The molecule has 0 unspecified atom stereocenters. The van der Waals surface area contributed by atoms with E-state index in [1.807, 2.05) is 0 Å². The summed E-state index contributed by atoms with van der Waals surface area (Å²) in [6.45, 7) is 1.20. The van der Waals surface area contributed by atoms with E-state index in [1.54, 1.807) is 0 Å². The van der Waals surface area contributed by atoms with Crippen LogP contribution in [0.15, 0.2) is 11.3 Å². The van der Waals surface area contributed by atoms with Crippen molar-refractivity contribution in [2.45, 2.75) is 25.9 Å². The van der Waals surface area contributed by atoms with E-state index in [4.69, 9.17) is 10.2 Å². The summed E-state index contributed by atoms with van der Waals surface area (Å²) in [6.07, 6.45) is -0.733. The predicted octanol–water partition coefficient (Wildman–Crippen LogP) is 0.111. The lowest BCUT2D eigenvalue weighted by Gasteiger charge is -2.17. The number of ketones is 2. The molecule has 1 rings (SSSR count). The van der Waals surface area contributed by atoms with Gasteiger partial charge in [-0.2, -0.15) is 0 Å². The first kappa shape index (κ1) is 8.93. The topological polar surface area (TPSA) is 74.6 Å². The molecule has 0 aromatic rings. The molecule has 0 aromatic carbocycles. The minimum absolute atomic E-state index is 0.125. The van der Waals surface area contributed by atoms with Gasteiger partial charge in [-0.05, 0) is 13.3 Å². The van der Waals surface area contributed by atoms with E-state index in [-0.39, 0.29) is 24.2 Å². The molecule has 1 aliphatic rings. The van der Waals surface area contributed by atoms with E-state index in [0.717, 1.165) is 0 Å². The maximum absolute atomic E-state index is 11.0. The Kier molecular flexibility index (Phi) is 2.28. The average molecular weight is 170 g/mol. The zero-order valence-electron chi connectivity index (χ0n) is 6.70. The lowest BCUT2D eigenvalue weighted by atomic mass is 9.92. The smallest absolute Gasteiger partial charge is 0.170 e. The number of carbonyl (C=O) groups excluding carboxylic acids is 2. The van der Waals surface area contributed by atoms with Gasteiger partial charge in [0.1, 0.15) is 17.4 Å². The van der Waals surface area contributed by atoms with Crippen LogP contribution in [0.25, 0.3) is 0 Å². The van der Waals surface area contributed by atoms with Gasteiger partial charge in [0.25, 0.3) is 0 Å². The molecule has 4 heteroatoms. The molecule has 4 nitrogen and oxygen atoms in total. The quantitative estimate of drug-likeness (QED) is 0.548. The fourth-order valence-corrected chi connectivity index (χ4v) is 1.22. The first-order valence-corrected chi connectivity index (χ1v) is 3.69. The summed E-state index contributed by atoms with van der Waals surface area (Å²) in [7, 11) is 0. The van der Waals surface area contributed by atoms with E-state index in [1.165, 1.54) is 6.92 Å². The third kappa shape index (κ3) is 1.38. The monoisotopic (exact) mass is 170 g/mol. The number of allylic oxidation sites excluding steroid dienone is 1. The van der Waals surface area contributed by atoms with Crippen molar-refractivity contribution in [3.8, 4) is 0 Å². The van der Waals surface area contributed by atoms with Crippen LogP contribution in [0.2, 0.25) is 0 Å². The van der Waals surface area contributed by atoms with Gasteiger partial charge in [-0.3, -0.25) is 9.59 Å². The van der Waals surface area contributed by atoms with Gasteiger partial charge in [-0.15, -0.1) is 0 Å². The van der Waals surface area contributed by atoms with Gasteiger partial charge in [0.15, 0.2) is 11.6 Å². The molecule has 0 saturated carbocycles. The van der Waals surface area contributed by atoms with E-state index >= 15 is 0 Å². The van der Waals surface area contributed by atoms with Crippen LogP contribution in [-0.2, 0) is 9.59 Å². The molecule has 0 fully saturated rings. The number of hydrogen-bond donors (Lipinski definition) is 2. The summed E-state index contributed by atoms with van der Waals surface area (Å²) >= 11 is 0. The number of rotatable bonds is 1. The molecule has 0 aromatic heterocycles. The number of aliphatic hydroxyl groups is 2. The lowest BCUT2D eigenvalue weighted by Crippen LogP contribution is -2.26. The minimum Gasteiger partial charge on any atom is -0.509 e. The SMILES string of the molecule is CC(=O)C1=C(O)[C@H](O)CCC1=O. The number of carbonyl (C=O) groups is 2. The summed E-state index contributed by atoms with van der Waals surface area (Å²) < 4.78 is 0. The second-order valence-electron chi connectivity index (χ2n) is 2.79. The summed E-state index contributed by atoms with van der Waals surface area (Å²) in [5.41, 5.74) is -0.242. The fourth-order valence-electron chi connectivity index (χ4n) is 1.22. The van der Waals surface area contributed by atoms with Crippen molar-refractivity contribution in [1.82, 2.24) is 0 Å². The Morgan fingerprint density at radius 1 is 1.58 bits per heavy atom. The van der Waals surface area contributed by atoms with Crippen LogP contribution >= 0.6 is 0 Å². The molecule has 0 saturated heterocycles. The van der Waals surface area contributed by atoms with E-state index < -0.39 is 17.6 Å². The third-order valence-corrected chi connectivity index (χ3v) is 1.85. The van der Waals surface area contributed by atoms with Crippen molar-refractivity contribution in [2.75, 3.05) is 0 Å². The Balaban J connectivity index is 3.10. The van der Waals surface area contributed by atoms with Crippen molar-refractivity contribution < 1.29 is 19.8 Å². The fraction of sp³-hybridized carbons (Fsp3) is 0.500. The summed E-state index contributed by atoms with van der Waals surface area (Å²) in [6, 6.07) is 0. The molecule has 0 spiro atoms. The van der Waals surface area contributed by atoms with Gasteiger partial charge >= 0.3 is 0 Å². The van der Waals surface area contributed by atoms with Gasteiger partial charge in [0.05, 0.1) is 0 Å². The second kappa shape index (κ2) is 3.06. The van der Waals surface area contributed by atoms with Crippen molar-refractivity contribution in [3.05, 3.63) is 11.3 Å². The number of hydrogen-bond acceptors (Lipinski definition) is 4. The maximum atomic E-state index is 11.0. The first-order chi connectivity index (χ1) is 5.54.